The quantitative estimate of drug-likeness (QED) is 0.289. The summed E-state index contributed by atoms with van der Waals surface area (Å²) in [4.78, 5) is 40.4. The Morgan fingerprint density at radius 3 is 3.13 bits per heavy atom. The van der Waals surface area contributed by atoms with Gasteiger partial charge in [0.1, 0.15) is 22.6 Å². The van der Waals surface area contributed by atoms with E-state index in [9.17, 15) is 14.4 Å². The molecule has 0 aliphatic carbocycles. The first-order chi connectivity index (χ1) is 11.2. The Morgan fingerprint density at radius 1 is 1.65 bits per heavy atom. The van der Waals surface area contributed by atoms with Crippen molar-refractivity contribution in [3.05, 3.63) is 16.8 Å². The summed E-state index contributed by atoms with van der Waals surface area (Å²) < 4.78 is 0.764. The minimum absolute atomic E-state index is 0.155. The molecule has 1 aromatic rings. The van der Waals surface area contributed by atoms with Gasteiger partial charge < -0.3 is 10.2 Å². The topological polar surface area (TPSA) is 128 Å². The van der Waals surface area contributed by atoms with Gasteiger partial charge in [-0.25, -0.2) is 4.79 Å². The average Bonchev–Trinajstić information content (AvgIpc) is 3.09. The van der Waals surface area contributed by atoms with Gasteiger partial charge in [-0.05, 0) is 5.57 Å². The summed E-state index contributed by atoms with van der Waals surface area (Å²) in [6.45, 7) is 0. The third-order valence-electron chi connectivity index (χ3n) is 3.31. The molecule has 0 radical (unpaired) electrons. The molecule has 122 valence electrons. The monoisotopic (exact) mass is 373 g/mol. The zero-order valence-corrected chi connectivity index (χ0v) is 13.9. The summed E-state index contributed by atoms with van der Waals surface area (Å²) in [6.07, 6.45) is 0.478. The standard InChI is InChI=1S/C11H11N5O4S3/c12-20-10(19)7-5(2-22-11-15-14-4-23-11)1-21-9-6(13-3-17)8(18)16(7)9/h3-4,6,9H,1-2,12H2,(H,13,17)/t6-,9-/m0/s1. The Kier molecular flexibility index (Phi) is 4.84. The van der Waals surface area contributed by atoms with E-state index in [1.54, 1.807) is 5.51 Å². The van der Waals surface area contributed by atoms with E-state index in [4.69, 9.17) is 5.90 Å². The van der Waals surface area contributed by atoms with E-state index in [-0.39, 0.29) is 17.0 Å². The second-order valence-electron chi connectivity index (χ2n) is 4.52. The molecular weight excluding hydrogens is 362 g/mol. The van der Waals surface area contributed by atoms with Gasteiger partial charge in [-0.2, -0.15) is 5.90 Å². The van der Waals surface area contributed by atoms with Crippen molar-refractivity contribution in [3.63, 3.8) is 0 Å². The molecule has 0 spiro atoms. The number of aromatic nitrogens is 2. The zero-order valence-electron chi connectivity index (χ0n) is 11.5. The lowest BCUT2D eigenvalue weighted by molar-refractivity contribution is -0.152. The van der Waals surface area contributed by atoms with Gasteiger partial charge in [0, 0.05) is 11.5 Å². The lowest BCUT2D eigenvalue weighted by Crippen LogP contribution is -2.69. The number of rotatable bonds is 6. The zero-order chi connectivity index (χ0) is 16.4. The van der Waals surface area contributed by atoms with Crippen LogP contribution < -0.4 is 11.2 Å². The predicted molar refractivity (Wildman–Crippen MR) is 84.0 cm³/mol. The van der Waals surface area contributed by atoms with Crippen LogP contribution in [0.15, 0.2) is 21.1 Å². The van der Waals surface area contributed by atoms with Crippen LogP contribution in [0.2, 0.25) is 0 Å². The van der Waals surface area contributed by atoms with Crippen LogP contribution in [0.3, 0.4) is 0 Å². The first kappa shape index (κ1) is 16.2. The first-order valence-corrected chi connectivity index (χ1v) is 9.25. The highest BCUT2D eigenvalue weighted by Gasteiger charge is 2.53. The highest BCUT2D eigenvalue weighted by atomic mass is 32.2. The fourth-order valence-corrected chi connectivity index (χ4v) is 5.29. The molecule has 0 saturated carbocycles. The van der Waals surface area contributed by atoms with Gasteiger partial charge >= 0.3 is 5.97 Å². The highest BCUT2D eigenvalue weighted by Crippen LogP contribution is 2.41. The molecule has 2 atom stereocenters. The SMILES string of the molecule is NOC(=O)C1=C(CSc2nncs2)CS[C@H]2[C@@H](NC=O)C(=O)N12. The molecule has 0 unspecified atom stereocenters. The van der Waals surface area contributed by atoms with E-state index in [0.717, 1.165) is 9.91 Å². The Balaban J connectivity index is 1.82. The fourth-order valence-electron chi connectivity index (χ4n) is 2.31. The molecule has 2 aliphatic rings. The largest absolute Gasteiger partial charge is 0.373 e. The molecule has 1 fully saturated rings. The van der Waals surface area contributed by atoms with Crippen LogP contribution in [-0.2, 0) is 19.2 Å². The fraction of sp³-hybridized carbons (Fsp3) is 0.364. The summed E-state index contributed by atoms with van der Waals surface area (Å²) in [5.74, 6) is 4.88. The molecular formula is C11H11N5O4S3. The van der Waals surface area contributed by atoms with Crippen LogP contribution >= 0.6 is 34.9 Å². The first-order valence-electron chi connectivity index (χ1n) is 6.33. The van der Waals surface area contributed by atoms with E-state index in [1.807, 2.05) is 0 Å². The second-order valence-corrected chi connectivity index (χ2v) is 7.68. The van der Waals surface area contributed by atoms with Crippen molar-refractivity contribution in [2.24, 2.45) is 5.90 Å². The van der Waals surface area contributed by atoms with Gasteiger partial charge in [-0.15, -0.1) is 22.0 Å². The number of carbonyl (C=O) groups is 3. The van der Waals surface area contributed by atoms with Gasteiger partial charge in [0.05, 0.1) is 0 Å². The molecule has 3 rings (SSSR count). The van der Waals surface area contributed by atoms with Crippen molar-refractivity contribution in [1.29, 1.82) is 0 Å². The average molecular weight is 373 g/mol. The molecule has 2 aliphatic heterocycles. The van der Waals surface area contributed by atoms with Gasteiger partial charge in [0.25, 0.3) is 5.91 Å². The maximum absolute atomic E-state index is 12.2. The smallest absolute Gasteiger partial charge is 0.369 e. The maximum atomic E-state index is 12.2. The lowest BCUT2D eigenvalue weighted by atomic mass is 10.0. The van der Waals surface area contributed by atoms with Crippen LogP contribution in [-0.4, -0.2) is 56.3 Å². The lowest BCUT2D eigenvalue weighted by Gasteiger charge is -2.49. The summed E-state index contributed by atoms with van der Waals surface area (Å²) in [5, 5.41) is 9.80. The van der Waals surface area contributed by atoms with Crippen molar-refractivity contribution >= 4 is 53.1 Å². The van der Waals surface area contributed by atoms with Crippen molar-refractivity contribution in [1.82, 2.24) is 20.4 Å². The molecule has 2 amide bonds. The number of nitrogens with one attached hydrogen (secondary N) is 1. The van der Waals surface area contributed by atoms with Crippen LogP contribution in [0.5, 0.6) is 0 Å². The Hall–Kier alpha value is -1.63. The Bertz CT molecular complexity index is 665. The maximum Gasteiger partial charge on any atom is 0.373 e. The number of hydrogen-bond acceptors (Lipinski definition) is 10. The Labute approximate surface area is 143 Å². The van der Waals surface area contributed by atoms with Gasteiger partial charge in [0.2, 0.25) is 6.41 Å². The van der Waals surface area contributed by atoms with E-state index >= 15 is 0 Å². The van der Waals surface area contributed by atoms with E-state index < -0.39 is 12.0 Å². The van der Waals surface area contributed by atoms with Crippen molar-refractivity contribution < 1.29 is 19.2 Å². The van der Waals surface area contributed by atoms with Gasteiger partial charge in [-0.1, -0.05) is 23.1 Å². The van der Waals surface area contributed by atoms with Crippen LogP contribution in [0, 0.1) is 0 Å². The summed E-state index contributed by atoms with van der Waals surface area (Å²) in [5.41, 5.74) is 2.51. The summed E-state index contributed by atoms with van der Waals surface area (Å²) in [6, 6.07) is -0.629. The molecule has 0 bridgehead atoms. The van der Waals surface area contributed by atoms with Crippen molar-refractivity contribution in [2.75, 3.05) is 11.5 Å². The van der Waals surface area contributed by atoms with E-state index in [0.29, 0.717) is 17.9 Å². The number of amides is 2. The molecule has 9 nitrogen and oxygen atoms in total. The number of carbonyl (C=O) groups excluding carboxylic acids is 3. The van der Waals surface area contributed by atoms with Crippen LogP contribution in [0.25, 0.3) is 0 Å². The van der Waals surface area contributed by atoms with Crippen molar-refractivity contribution in [2.45, 2.75) is 15.8 Å². The predicted octanol–water partition coefficient (Wildman–Crippen LogP) is -0.669. The molecule has 12 heteroatoms. The summed E-state index contributed by atoms with van der Waals surface area (Å²) in [7, 11) is 0. The minimum Gasteiger partial charge on any atom is -0.369 e. The minimum atomic E-state index is -0.763. The third-order valence-corrected chi connectivity index (χ3v) is 6.59. The molecule has 0 aromatic carbocycles. The highest BCUT2D eigenvalue weighted by molar-refractivity contribution is 8.01. The van der Waals surface area contributed by atoms with E-state index in [2.05, 4.69) is 20.4 Å². The van der Waals surface area contributed by atoms with Crippen LogP contribution in [0.4, 0.5) is 0 Å². The number of hydrogen-bond donors (Lipinski definition) is 2. The summed E-state index contributed by atoms with van der Waals surface area (Å²) >= 11 is 4.28. The van der Waals surface area contributed by atoms with Gasteiger partial charge in [0.15, 0.2) is 4.34 Å². The van der Waals surface area contributed by atoms with Crippen LogP contribution in [0.1, 0.15) is 0 Å². The third kappa shape index (κ3) is 2.94. The molecule has 1 aromatic heterocycles. The Morgan fingerprint density at radius 2 is 2.48 bits per heavy atom. The number of nitrogens with two attached hydrogens (primary N) is 1. The van der Waals surface area contributed by atoms with Crippen molar-refractivity contribution in [3.8, 4) is 0 Å². The second kappa shape index (κ2) is 6.86. The molecule has 23 heavy (non-hydrogen) atoms. The number of nitrogens with zero attached hydrogens (tertiary/aromatic N) is 3. The van der Waals surface area contributed by atoms with Gasteiger partial charge in [-0.3, -0.25) is 14.5 Å². The molecule has 1 saturated heterocycles. The van der Waals surface area contributed by atoms with E-state index in [1.165, 1.54) is 39.8 Å². The molecule has 3 N–H and O–H groups in total. The number of β-lactam (4-membered cyclic amide) rings is 1. The normalized spacial score (nSPS) is 23.2. The molecule has 3 heterocycles. The number of fused-ring (bicyclic) bond motifs is 1. The number of thioether (sulfide) groups is 2.